The first-order chi connectivity index (χ1) is 12.5. The lowest BCUT2D eigenvalue weighted by Gasteiger charge is -2.46. The Morgan fingerprint density at radius 1 is 1.08 bits per heavy atom. The molecule has 2 fully saturated rings. The van der Waals surface area contributed by atoms with Crippen LogP contribution in [-0.2, 0) is 0 Å². The van der Waals surface area contributed by atoms with Crippen LogP contribution >= 0.6 is 0 Å². The van der Waals surface area contributed by atoms with Crippen LogP contribution in [0.1, 0.15) is 21.7 Å². The van der Waals surface area contributed by atoms with E-state index in [1.807, 2.05) is 53.8 Å². The number of benzene rings is 1. The zero-order valence-corrected chi connectivity index (χ0v) is 15.9. The third-order valence-electron chi connectivity index (χ3n) is 5.53. The lowest BCUT2D eigenvalue weighted by atomic mass is 10.1. The Hall–Kier alpha value is -2.18. The van der Waals surface area contributed by atoms with Gasteiger partial charge in [0, 0.05) is 56.6 Å². The maximum absolute atomic E-state index is 13.1. The summed E-state index contributed by atoms with van der Waals surface area (Å²) >= 11 is 0. The van der Waals surface area contributed by atoms with Gasteiger partial charge in [-0.2, -0.15) is 5.10 Å². The molecule has 6 heteroatoms. The Bertz CT molecular complexity index is 814. The van der Waals surface area contributed by atoms with Crippen LogP contribution in [0.2, 0.25) is 0 Å². The molecule has 0 unspecified atom stereocenters. The number of hydrogen-bond acceptors (Lipinski definition) is 4. The molecule has 6 nitrogen and oxygen atoms in total. The van der Waals surface area contributed by atoms with Gasteiger partial charge in [0.1, 0.15) is 0 Å². The van der Waals surface area contributed by atoms with E-state index in [2.05, 4.69) is 21.9 Å². The van der Waals surface area contributed by atoms with Crippen LogP contribution in [0.5, 0.6) is 0 Å². The largest absolute Gasteiger partial charge is 0.336 e. The van der Waals surface area contributed by atoms with Crippen molar-refractivity contribution < 1.29 is 4.79 Å². The number of likely N-dealkylation sites (N-methyl/N-ethyl adjacent to an activating group) is 1. The van der Waals surface area contributed by atoms with Crippen molar-refractivity contribution in [3.05, 3.63) is 47.3 Å². The molecule has 0 aliphatic carbocycles. The molecule has 2 aliphatic rings. The number of nitrogens with zero attached hydrogens (tertiary/aromatic N) is 5. The molecule has 1 amide bonds. The fourth-order valence-corrected chi connectivity index (χ4v) is 4.14. The van der Waals surface area contributed by atoms with E-state index < -0.39 is 0 Å². The number of carbonyl (C=O) groups is 1. The molecule has 0 radical (unpaired) electrons. The zero-order valence-electron chi connectivity index (χ0n) is 15.9. The average Bonchev–Trinajstić information content (AvgIpc) is 2.98. The number of rotatable bonds is 2. The standard InChI is InChI=1S/C20H27N5O/c1-15-11-16(2)25(21-15)18-6-4-5-17(12-18)20(26)24-10-9-23-8-7-22(3)13-19(23)14-24/h4-6,11-12,19H,7-10,13-14H2,1-3H3/t19-/m0/s1. The molecule has 2 aromatic rings. The highest BCUT2D eigenvalue weighted by atomic mass is 16.2. The summed E-state index contributed by atoms with van der Waals surface area (Å²) in [5.41, 5.74) is 3.74. The summed E-state index contributed by atoms with van der Waals surface area (Å²) in [4.78, 5) is 20.0. The van der Waals surface area contributed by atoms with Gasteiger partial charge >= 0.3 is 0 Å². The molecule has 0 N–H and O–H groups in total. The van der Waals surface area contributed by atoms with E-state index in [-0.39, 0.29) is 5.91 Å². The fourth-order valence-electron chi connectivity index (χ4n) is 4.14. The van der Waals surface area contributed by atoms with Crippen LogP contribution in [-0.4, -0.2) is 82.7 Å². The first kappa shape index (κ1) is 17.2. The molecule has 0 bridgehead atoms. The van der Waals surface area contributed by atoms with Gasteiger partial charge in [0.05, 0.1) is 11.4 Å². The van der Waals surface area contributed by atoms with Crippen molar-refractivity contribution in [2.45, 2.75) is 19.9 Å². The van der Waals surface area contributed by atoms with Gasteiger partial charge in [-0.1, -0.05) is 6.07 Å². The second kappa shape index (κ2) is 6.85. The smallest absolute Gasteiger partial charge is 0.254 e. The summed E-state index contributed by atoms with van der Waals surface area (Å²) < 4.78 is 1.90. The Morgan fingerprint density at radius 2 is 1.88 bits per heavy atom. The molecule has 0 saturated carbocycles. The molecule has 3 heterocycles. The van der Waals surface area contributed by atoms with Gasteiger partial charge < -0.3 is 9.80 Å². The highest BCUT2D eigenvalue weighted by Gasteiger charge is 2.33. The van der Waals surface area contributed by atoms with Crippen LogP contribution in [0.15, 0.2) is 30.3 Å². The van der Waals surface area contributed by atoms with Gasteiger partial charge in [-0.05, 0) is 45.2 Å². The topological polar surface area (TPSA) is 44.6 Å². The second-order valence-corrected chi connectivity index (χ2v) is 7.59. The van der Waals surface area contributed by atoms with E-state index >= 15 is 0 Å². The third kappa shape index (κ3) is 3.27. The highest BCUT2D eigenvalue weighted by molar-refractivity contribution is 5.94. The maximum Gasteiger partial charge on any atom is 0.254 e. The molecule has 1 atom stereocenters. The second-order valence-electron chi connectivity index (χ2n) is 7.59. The van der Waals surface area contributed by atoms with Crippen LogP contribution in [0.25, 0.3) is 5.69 Å². The highest BCUT2D eigenvalue weighted by Crippen LogP contribution is 2.19. The average molecular weight is 353 g/mol. The van der Waals surface area contributed by atoms with Gasteiger partial charge in [0.2, 0.25) is 0 Å². The number of fused-ring (bicyclic) bond motifs is 1. The summed E-state index contributed by atoms with van der Waals surface area (Å²) in [6.07, 6.45) is 0. The molecule has 0 spiro atoms. The molecule has 2 saturated heterocycles. The summed E-state index contributed by atoms with van der Waals surface area (Å²) in [5.74, 6) is 0.126. The molecule has 4 rings (SSSR count). The van der Waals surface area contributed by atoms with E-state index in [0.717, 1.165) is 61.9 Å². The van der Waals surface area contributed by atoms with Gasteiger partial charge in [0.25, 0.3) is 5.91 Å². The number of aryl methyl sites for hydroxylation is 2. The fraction of sp³-hybridized carbons (Fsp3) is 0.500. The van der Waals surface area contributed by atoms with E-state index in [1.165, 1.54) is 0 Å². The lowest BCUT2D eigenvalue weighted by Crippen LogP contribution is -2.62. The Labute approximate surface area is 155 Å². The molecule has 138 valence electrons. The number of piperazine rings is 2. The van der Waals surface area contributed by atoms with Crippen molar-refractivity contribution in [2.75, 3.05) is 46.3 Å². The van der Waals surface area contributed by atoms with E-state index in [4.69, 9.17) is 0 Å². The Balaban J connectivity index is 1.53. The van der Waals surface area contributed by atoms with Crippen molar-refractivity contribution in [3.63, 3.8) is 0 Å². The molecular formula is C20H27N5O. The number of amides is 1. The quantitative estimate of drug-likeness (QED) is 0.822. The molecule has 26 heavy (non-hydrogen) atoms. The van der Waals surface area contributed by atoms with Gasteiger partial charge in [-0.3, -0.25) is 9.69 Å². The monoisotopic (exact) mass is 353 g/mol. The van der Waals surface area contributed by atoms with Crippen LogP contribution in [0.4, 0.5) is 0 Å². The van der Waals surface area contributed by atoms with E-state index in [9.17, 15) is 4.79 Å². The molecule has 2 aliphatic heterocycles. The van der Waals surface area contributed by atoms with Crippen LogP contribution in [0.3, 0.4) is 0 Å². The first-order valence-electron chi connectivity index (χ1n) is 9.37. The number of aromatic nitrogens is 2. The molecule has 1 aromatic carbocycles. The van der Waals surface area contributed by atoms with Crippen LogP contribution < -0.4 is 0 Å². The summed E-state index contributed by atoms with van der Waals surface area (Å²) in [5, 5.41) is 4.54. The minimum absolute atomic E-state index is 0.126. The third-order valence-corrected chi connectivity index (χ3v) is 5.53. The SMILES string of the molecule is Cc1cc(C)n(-c2cccc(C(=O)N3CCN4CCN(C)C[C@H]4C3)c2)n1. The van der Waals surface area contributed by atoms with Crippen molar-refractivity contribution in [1.29, 1.82) is 0 Å². The van der Waals surface area contributed by atoms with Crippen LogP contribution in [0, 0.1) is 13.8 Å². The van der Waals surface area contributed by atoms with Gasteiger partial charge in [0.15, 0.2) is 0 Å². The minimum atomic E-state index is 0.126. The minimum Gasteiger partial charge on any atom is -0.336 e. The Morgan fingerprint density at radius 3 is 2.65 bits per heavy atom. The van der Waals surface area contributed by atoms with Crippen molar-refractivity contribution in [1.82, 2.24) is 24.5 Å². The van der Waals surface area contributed by atoms with Crippen molar-refractivity contribution in [2.24, 2.45) is 0 Å². The number of hydrogen-bond donors (Lipinski definition) is 0. The van der Waals surface area contributed by atoms with Crippen molar-refractivity contribution in [3.8, 4) is 5.69 Å². The number of carbonyl (C=O) groups excluding carboxylic acids is 1. The summed E-state index contributed by atoms with van der Waals surface area (Å²) in [6.45, 7) is 9.88. The predicted molar refractivity (Wildman–Crippen MR) is 102 cm³/mol. The van der Waals surface area contributed by atoms with Gasteiger partial charge in [-0.15, -0.1) is 0 Å². The molecular weight excluding hydrogens is 326 g/mol. The maximum atomic E-state index is 13.1. The van der Waals surface area contributed by atoms with E-state index in [1.54, 1.807) is 0 Å². The summed E-state index contributed by atoms with van der Waals surface area (Å²) in [7, 11) is 2.16. The zero-order chi connectivity index (χ0) is 18.3. The molecule has 1 aromatic heterocycles. The van der Waals surface area contributed by atoms with Gasteiger partial charge in [-0.25, -0.2) is 4.68 Å². The lowest BCUT2D eigenvalue weighted by molar-refractivity contribution is 0.0190. The normalized spacial score (nSPS) is 21.7. The van der Waals surface area contributed by atoms with Crippen molar-refractivity contribution >= 4 is 5.91 Å². The van der Waals surface area contributed by atoms with E-state index in [0.29, 0.717) is 6.04 Å². The first-order valence-corrected chi connectivity index (χ1v) is 9.37. The Kier molecular flexibility index (Phi) is 4.54. The summed E-state index contributed by atoms with van der Waals surface area (Å²) in [6, 6.07) is 10.3. The predicted octanol–water partition coefficient (Wildman–Crippen LogP) is 1.56.